The summed E-state index contributed by atoms with van der Waals surface area (Å²) in [5.41, 5.74) is 0.364. The van der Waals surface area contributed by atoms with Gasteiger partial charge in [0.15, 0.2) is 0 Å². The van der Waals surface area contributed by atoms with E-state index in [1.54, 1.807) is 0 Å². The van der Waals surface area contributed by atoms with E-state index in [0.717, 1.165) is 19.4 Å². The van der Waals surface area contributed by atoms with Crippen LogP contribution in [0.3, 0.4) is 0 Å². The monoisotopic (exact) mass is 298 g/mol. The van der Waals surface area contributed by atoms with Crippen LogP contribution in [0.25, 0.3) is 0 Å². The van der Waals surface area contributed by atoms with E-state index in [9.17, 15) is 8.78 Å². The first-order chi connectivity index (χ1) is 9.91. The lowest BCUT2D eigenvalue weighted by atomic mass is 9.80. The Balaban J connectivity index is 3.13. The van der Waals surface area contributed by atoms with Gasteiger partial charge in [-0.25, -0.2) is 8.78 Å². The maximum atomic E-state index is 14.0. The Morgan fingerprint density at radius 3 is 2.24 bits per heavy atom. The second kappa shape index (κ2) is 7.85. The summed E-state index contributed by atoms with van der Waals surface area (Å²) < 4.78 is 27.4. The second-order valence-electron chi connectivity index (χ2n) is 5.76. The molecule has 0 saturated heterocycles. The largest absolute Gasteiger partial charge is 0.312 e. The van der Waals surface area contributed by atoms with Crippen molar-refractivity contribution in [1.82, 2.24) is 10.2 Å². The number of nitrogens with zero attached hydrogens (tertiary/aromatic N) is 1. The third kappa shape index (κ3) is 4.01. The Labute approximate surface area is 127 Å². The summed E-state index contributed by atoms with van der Waals surface area (Å²) in [5, 5.41) is 3.47. The number of halogens is 2. The van der Waals surface area contributed by atoms with Crippen molar-refractivity contribution in [3.63, 3.8) is 0 Å². The van der Waals surface area contributed by atoms with Crippen LogP contribution >= 0.6 is 0 Å². The van der Waals surface area contributed by atoms with Gasteiger partial charge in [0, 0.05) is 11.6 Å². The first kappa shape index (κ1) is 18.1. The molecule has 0 heterocycles. The second-order valence-corrected chi connectivity index (χ2v) is 5.76. The summed E-state index contributed by atoms with van der Waals surface area (Å²) in [4.78, 5) is 2.21. The first-order valence-electron chi connectivity index (χ1n) is 7.76. The average Bonchev–Trinajstić information content (AvgIpc) is 2.44. The number of hydrogen-bond acceptors (Lipinski definition) is 2. The molecule has 2 nitrogen and oxygen atoms in total. The molecular formula is C17H28F2N2. The van der Waals surface area contributed by atoms with Crippen LogP contribution < -0.4 is 5.32 Å². The van der Waals surface area contributed by atoms with E-state index >= 15 is 0 Å². The summed E-state index contributed by atoms with van der Waals surface area (Å²) in [6.07, 6.45) is 2.38. The van der Waals surface area contributed by atoms with Crippen molar-refractivity contribution >= 4 is 0 Å². The van der Waals surface area contributed by atoms with Crippen molar-refractivity contribution in [3.8, 4) is 0 Å². The highest BCUT2D eigenvalue weighted by Crippen LogP contribution is 2.28. The van der Waals surface area contributed by atoms with Crippen LogP contribution in [-0.4, -0.2) is 37.1 Å². The van der Waals surface area contributed by atoms with Crippen LogP contribution in [0.15, 0.2) is 18.2 Å². The van der Waals surface area contributed by atoms with E-state index in [1.165, 1.54) is 18.2 Å². The molecule has 120 valence electrons. The maximum absolute atomic E-state index is 14.0. The minimum Gasteiger partial charge on any atom is -0.312 e. The molecule has 1 rings (SSSR count). The van der Waals surface area contributed by atoms with Gasteiger partial charge in [0.1, 0.15) is 11.6 Å². The molecule has 0 radical (unpaired) electrons. The van der Waals surface area contributed by atoms with Gasteiger partial charge in [-0.05, 0) is 63.7 Å². The van der Waals surface area contributed by atoms with Gasteiger partial charge in [-0.15, -0.1) is 0 Å². The van der Waals surface area contributed by atoms with Crippen molar-refractivity contribution in [2.75, 3.05) is 20.6 Å². The Morgan fingerprint density at radius 1 is 1.14 bits per heavy atom. The van der Waals surface area contributed by atoms with Gasteiger partial charge >= 0.3 is 0 Å². The quantitative estimate of drug-likeness (QED) is 0.789. The van der Waals surface area contributed by atoms with Gasteiger partial charge in [-0.1, -0.05) is 20.8 Å². The van der Waals surface area contributed by atoms with Crippen molar-refractivity contribution in [2.45, 2.75) is 51.6 Å². The van der Waals surface area contributed by atoms with E-state index in [0.29, 0.717) is 12.0 Å². The SMILES string of the molecule is CCNC(Cc1cc(F)ccc1F)C(CC)(CC)N(C)C. The zero-order valence-corrected chi connectivity index (χ0v) is 13.8. The lowest BCUT2D eigenvalue weighted by Gasteiger charge is -2.45. The Bertz CT molecular complexity index is 442. The Hall–Kier alpha value is -1.00. The number of nitrogens with one attached hydrogen (secondary N) is 1. The standard InChI is InChI=1S/C17H28F2N2/c1-6-17(7-2,21(4)5)16(20-8-3)12-13-11-14(18)9-10-15(13)19/h9-11,16,20H,6-8,12H2,1-5H3. The molecule has 1 atom stereocenters. The molecule has 1 N–H and O–H groups in total. The van der Waals surface area contributed by atoms with Crippen molar-refractivity contribution in [2.24, 2.45) is 0 Å². The van der Waals surface area contributed by atoms with Crippen LogP contribution in [-0.2, 0) is 6.42 Å². The minimum atomic E-state index is -0.384. The summed E-state index contributed by atoms with van der Waals surface area (Å²) in [6.45, 7) is 7.14. The molecule has 0 spiro atoms. The summed E-state index contributed by atoms with van der Waals surface area (Å²) in [6, 6.07) is 3.76. The van der Waals surface area contributed by atoms with E-state index in [-0.39, 0.29) is 23.2 Å². The van der Waals surface area contributed by atoms with Crippen LogP contribution in [0.1, 0.15) is 39.2 Å². The predicted octanol–water partition coefficient (Wildman–Crippen LogP) is 3.61. The molecule has 0 aromatic heterocycles. The van der Waals surface area contributed by atoms with Gasteiger partial charge in [-0.3, -0.25) is 0 Å². The zero-order chi connectivity index (χ0) is 16.0. The van der Waals surface area contributed by atoms with Crippen molar-refractivity contribution in [1.29, 1.82) is 0 Å². The molecule has 1 unspecified atom stereocenters. The Kier molecular flexibility index (Phi) is 6.75. The molecule has 21 heavy (non-hydrogen) atoms. The molecule has 0 aliphatic heterocycles. The zero-order valence-electron chi connectivity index (χ0n) is 13.8. The molecule has 0 amide bonds. The van der Waals surface area contributed by atoms with Crippen molar-refractivity contribution < 1.29 is 8.78 Å². The van der Waals surface area contributed by atoms with Gasteiger partial charge in [0.2, 0.25) is 0 Å². The molecule has 0 saturated carbocycles. The summed E-state index contributed by atoms with van der Waals surface area (Å²) in [5.74, 6) is -0.718. The molecule has 0 bridgehead atoms. The fourth-order valence-electron chi connectivity index (χ4n) is 3.31. The van der Waals surface area contributed by atoms with Gasteiger partial charge in [0.05, 0.1) is 0 Å². The highest BCUT2D eigenvalue weighted by atomic mass is 19.1. The number of hydrogen-bond donors (Lipinski definition) is 1. The lowest BCUT2D eigenvalue weighted by molar-refractivity contribution is 0.0885. The van der Waals surface area contributed by atoms with Crippen molar-refractivity contribution in [3.05, 3.63) is 35.4 Å². The van der Waals surface area contributed by atoms with E-state index < -0.39 is 0 Å². The summed E-state index contributed by atoms with van der Waals surface area (Å²) in [7, 11) is 4.11. The topological polar surface area (TPSA) is 15.3 Å². The molecule has 0 fully saturated rings. The Morgan fingerprint density at radius 2 is 1.76 bits per heavy atom. The molecule has 0 aliphatic rings. The predicted molar refractivity (Wildman–Crippen MR) is 84.5 cm³/mol. The molecule has 1 aromatic rings. The lowest BCUT2D eigenvalue weighted by Crippen LogP contribution is -2.59. The van der Waals surface area contributed by atoms with E-state index in [2.05, 4.69) is 38.2 Å². The van der Waals surface area contributed by atoms with Crippen LogP contribution in [0, 0.1) is 11.6 Å². The van der Waals surface area contributed by atoms with E-state index in [4.69, 9.17) is 0 Å². The number of benzene rings is 1. The van der Waals surface area contributed by atoms with E-state index in [1.807, 2.05) is 6.92 Å². The molecule has 0 aliphatic carbocycles. The van der Waals surface area contributed by atoms with Gasteiger partial charge in [-0.2, -0.15) is 0 Å². The molecule has 4 heteroatoms. The smallest absolute Gasteiger partial charge is 0.126 e. The van der Waals surface area contributed by atoms with Crippen LogP contribution in [0.4, 0.5) is 8.78 Å². The fraction of sp³-hybridized carbons (Fsp3) is 0.647. The fourth-order valence-corrected chi connectivity index (χ4v) is 3.31. The third-order valence-electron chi connectivity index (χ3n) is 4.65. The normalized spacial score (nSPS) is 13.7. The molecule has 1 aromatic carbocycles. The summed E-state index contributed by atoms with van der Waals surface area (Å²) >= 11 is 0. The third-order valence-corrected chi connectivity index (χ3v) is 4.65. The highest BCUT2D eigenvalue weighted by Gasteiger charge is 2.37. The highest BCUT2D eigenvalue weighted by molar-refractivity contribution is 5.21. The van der Waals surface area contributed by atoms with Gasteiger partial charge < -0.3 is 10.2 Å². The molecular weight excluding hydrogens is 270 g/mol. The minimum absolute atomic E-state index is 0.0730. The maximum Gasteiger partial charge on any atom is 0.126 e. The van der Waals surface area contributed by atoms with Gasteiger partial charge in [0.25, 0.3) is 0 Å². The number of rotatable bonds is 8. The van der Waals surface area contributed by atoms with Crippen LogP contribution in [0.2, 0.25) is 0 Å². The number of likely N-dealkylation sites (N-methyl/N-ethyl adjacent to an activating group) is 2. The van der Waals surface area contributed by atoms with Crippen LogP contribution in [0.5, 0.6) is 0 Å². The first-order valence-corrected chi connectivity index (χ1v) is 7.76. The average molecular weight is 298 g/mol.